The summed E-state index contributed by atoms with van der Waals surface area (Å²) >= 11 is 0. The van der Waals surface area contributed by atoms with Gasteiger partial charge < -0.3 is 14.8 Å². The molecule has 0 bridgehead atoms. The first-order valence-electron chi connectivity index (χ1n) is 9.12. The predicted octanol–water partition coefficient (Wildman–Crippen LogP) is 4.80. The minimum Gasteiger partial charge on any atom is -0.497 e. The average molecular weight is 406 g/mol. The second-order valence-corrected chi connectivity index (χ2v) is 6.39. The van der Waals surface area contributed by atoms with Crippen molar-refractivity contribution in [1.29, 1.82) is 0 Å². The van der Waals surface area contributed by atoms with Crippen molar-refractivity contribution >= 4 is 23.2 Å². The lowest BCUT2D eigenvalue weighted by molar-refractivity contribution is 0.262. The average Bonchev–Trinajstić information content (AvgIpc) is 3.12. The smallest absolute Gasteiger partial charge is 0.324 e. The fourth-order valence-electron chi connectivity index (χ4n) is 3.10. The van der Waals surface area contributed by atoms with Crippen LogP contribution in [0.25, 0.3) is 16.9 Å². The molecule has 0 unspecified atom stereocenters. The van der Waals surface area contributed by atoms with Gasteiger partial charge in [-0.1, -0.05) is 6.07 Å². The molecule has 0 fully saturated rings. The molecule has 0 aliphatic rings. The number of carbonyl (C=O) groups is 1. The van der Waals surface area contributed by atoms with Gasteiger partial charge in [-0.3, -0.25) is 9.72 Å². The van der Waals surface area contributed by atoms with Crippen LogP contribution in [0, 0.1) is 5.82 Å². The molecule has 152 valence electrons. The van der Waals surface area contributed by atoms with Gasteiger partial charge in [0.15, 0.2) is 0 Å². The summed E-state index contributed by atoms with van der Waals surface area (Å²) in [6, 6.07) is 16.0. The Kier molecular flexibility index (Phi) is 5.21. The predicted molar refractivity (Wildman–Crippen MR) is 113 cm³/mol. The molecule has 0 saturated carbocycles. The number of aromatic nitrogens is 2. The van der Waals surface area contributed by atoms with Crippen molar-refractivity contribution in [2.45, 2.75) is 0 Å². The molecule has 2 heterocycles. The van der Waals surface area contributed by atoms with E-state index in [2.05, 4.69) is 15.6 Å². The highest BCUT2D eigenvalue weighted by Crippen LogP contribution is 2.31. The maximum Gasteiger partial charge on any atom is 0.324 e. The van der Waals surface area contributed by atoms with Crippen LogP contribution in [0.5, 0.6) is 11.5 Å². The van der Waals surface area contributed by atoms with Gasteiger partial charge in [0, 0.05) is 17.8 Å². The van der Waals surface area contributed by atoms with Gasteiger partial charge in [-0.2, -0.15) is 0 Å². The van der Waals surface area contributed by atoms with Gasteiger partial charge in [0.2, 0.25) is 0 Å². The van der Waals surface area contributed by atoms with Crippen molar-refractivity contribution in [2.75, 3.05) is 24.9 Å². The van der Waals surface area contributed by atoms with Gasteiger partial charge >= 0.3 is 6.03 Å². The maximum atomic E-state index is 13.4. The molecule has 7 nitrogen and oxygen atoms in total. The molecule has 0 radical (unpaired) electrons. The summed E-state index contributed by atoms with van der Waals surface area (Å²) in [5.74, 6) is 1.17. The van der Waals surface area contributed by atoms with Crippen LogP contribution in [0.3, 0.4) is 0 Å². The third-order valence-electron chi connectivity index (χ3n) is 4.53. The molecule has 30 heavy (non-hydrogen) atoms. The number of rotatable bonds is 5. The molecule has 4 rings (SSSR count). The third-order valence-corrected chi connectivity index (χ3v) is 4.53. The molecule has 4 aromatic rings. The van der Waals surface area contributed by atoms with Gasteiger partial charge in [-0.25, -0.2) is 14.2 Å². The van der Waals surface area contributed by atoms with Crippen molar-refractivity contribution in [3.05, 3.63) is 72.7 Å². The van der Waals surface area contributed by atoms with E-state index in [1.165, 1.54) is 19.2 Å². The molecular weight excluding hydrogens is 387 g/mol. The summed E-state index contributed by atoms with van der Waals surface area (Å²) < 4.78 is 25.6. The molecule has 0 aliphatic carbocycles. The molecule has 8 heteroatoms. The number of fused-ring (bicyclic) bond motifs is 1. The highest BCUT2D eigenvalue weighted by Gasteiger charge is 2.17. The summed E-state index contributed by atoms with van der Waals surface area (Å²) in [6.45, 7) is 0. The zero-order valence-corrected chi connectivity index (χ0v) is 16.3. The first kappa shape index (κ1) is 19.3. The van der Waals surface area contributed by atoms with E-state index in [1.54, 1.807) is 48.0 Å². The van der Waals surface area contributed by atoms with E-state index in [4.69, 9.17) is 9.47 Å². The first-order chi connectivity index (χ1) is 14.6. The maximum absolute atomic E-state index is 13.4. The van der Waals surface area contributed by atoms with Crippen molar-refractivity contribution in [3.8, 4) is 22.8 Å². The summed E-state index contributed by atoms with van der Waals surface area (Å²) in [5.41, 5.74) is 2.29. The number of urea groups is 1. The topological polar surface area (TPSA) is 76.9 Å². The van der Waals surface area contributed by atoms with E-state index in [1.807, 2.05) is 18.2 Å². The third kappa shape index (κ3) is 3.75. The summed E-state index contributed by atoms with van der Waals surface area (Å²) in [7, 11) is 3.06. The Balaban J connectivity index is 1.69. The van der Waals surface area contributed by atoms with E-state index >= 15 is 0 Å². The van der Waals surface area contributed by atoms with Crippen molar-refractivity contribution in [3.63, 3.8) is 0 Å². The number of amides is 2. The number of pyridine rings is 1. The molecule has 2 N–H and O–H groups in total. The van der Waals surface area contributed by atoms with Crippen LogP contribution in [0.2, 0.25) is 0 Å². The van der Waals surface area contributed by atoms with Crippen LogP contribution >= 0.6 is 0 Å². The number of carbonyl (C=O) groups excluding carboxylic acids is 1. The Labute approximate surface area is 172 Å². The van der Waals surface area contributed by atoms with Crippen LogP contribution < -0.4 is 20.1 Å². The fraction of sp³-hybridized carbons (Fsp3) is 0.0909. The van der Waals surface area contributed by atoms with E-state index in [0.717, 1.165) is 0 Å². The molecule has 2 aromatic carbocycles. The first-order valence-corrected chi connectivity index (χ1v) is 9.12. The molecule has 0 saturated heterocycles. The van der Waals surface area contributed by atoms with E-state index in [-0.39, 0.29) is 5.82 Å². The van der Waals surface area contributed by atoms with Gasteiger partial charge in [-0.05, 0) is 48.5 Å². The van der Waals surface area contributed by atoms with Crippen molar-refractivity contribution < 1.29 is 18.7 Å². The highest BCUT2D eigenvalue weighted by atomic mass is 19.1. The molecule has 0 aliphatic heterocycles. The Morgan fingerprint density at radius 3 is 2.53 bits per heavy atom. The van der Waals surface area contributed by atoms with Crippen LogP contribution in [-0.4, -0.2) is 29.6 Å². The molecule has 0 atom stereocenters. The van der Waals surface area contributed by atoms with E-state index in [9.17, 15) is 9.18 Å². The Morgan fingerprint density at radius 2 is 1.80 bits per heavy atom. The summed E-state index contributed by atoms with van der Waals surface area (Å²) in [5, 5.41) is 5.61. The standard InChI is InChI=1S/C22H19FN4O3/c1-29-16-10-11-18(30-2)17(13-16)24-22(28)26-21-20(14-6-8-15(23)9-7-14)25-19-5-3-4-12-27(19)21/h3-13H,1-2H3,(H2,24,26,28). The highest BCUT2D eigenvalue weighted by molar-refractivity contribution is 6.02. The number of halogens is 1. The summed E-state index contributed by atoms with van der Waals surface area (Å²) in [6.07, 6.45) is 1.79. The summed E-state index contributed by atoms with van der Waals surface area (Å²) in [4.78, 5) is 17.4. The monoisotopic (exact) mass is 406 g/mol. The number of nitrogens with zero attached hydrogens (tertiary/aromatic N) is 2. The van der Waals surface area contributed by atoms with Crippen LogP contribution in [0.15, 0.2) is 66.9 Å². The minimum atomic E-state index is -0.490. The number of methoxy groups -OCH3 is 2. The molecule has 0 spiro atoms. The van der Waals surface area contributed by atoms with Gasteiger partial charge in [-0.15, -0.1) is 0 Å². The molecule has 2 aromatic heterocycles. The number of benzene rings is 2. The largest absolute Gasteiger partial charge is 0.497 e. The number of nitrogens with one attached hydrogen (secondary N) is 2. The minimum absolute atomic E-state index is 0.347. The zero-order chi connectivity index (χ0) is 21.1. The van der Waals surface area contributed by atoms with Crippen LogP contribution in [0.1, 0.15) is 0 Å². The lowest BCUT2D eigenvalue weighted by Gasteiger charge is -2.13. The zero-order valence-electron chi connectivity index (χ0n) is 16.3. The molecular formula is C22H19FN4O3. The van der Waals surface area contributed by atoms with Gasteiger partial charge in [0.25, 0.3) is 0 Å². The van der Waals surface area contributed by atoms with E-state index < -0.39 is 6.03 Å². The quantitative estimate of drug-likeness (QED) is 0.499. The molecule has 2 amide bonds. The second kappa shape index (κ2) is 8.12. The fourth-order valence-corrected chi connectivity index (χ4v) is 3.10. The van der Waals surface area contributed by atoms with Crippen molar-refractivity contribution in [2.24, 2.45) is 0 Å². The Hall–Kier alpha value is -4.07. The lowest BCUT2D eigenvalue weighted by atomic mass is 10.1. The van der Waals surface area contributed by atoms with Crippen molar-refractivity contribution in [1.82, 2.24) is 9.38 Å². The Bertz CT molecular complexity index is 1200. The number of imidazole rings is 1. The second-order valence-electron chi connectivity index (χ2n) is 6.39. The number of hydrogen-bond donors (Lipinski definition) is 2. The number of hydrogen-bond acceptors (Lipinski definition) is 4. The SMILES string of the molecule is COc1ccc(OC)c(NC(=O)Nc2c(-c3ccc(F)cc3)nc3ccccn23)c1. The Morgan fingerprint density at radius 1 is 1.00 bits per heavy atom. The van der Waals surface area contributed by atoms with Crippen LogP contribution in [0.4, 0.5) is 20.7 Å². The number of anilines is 2. The van der Waals surface area contributed by atoms with Gasteiger partial charge in [0.1, 0.15) is 34.5 Å². The normalized spacial score (nSPS) is 10.6. The van der Waals surface area contributed by atoms with E-state index in [0.29, 0.717) is 39.9 Å². The van der Waals surface area contributed by atoms with Crippen LogP contribution in [-0.2, 0) is 0 Å². The van der Waals surface area contributed by atoms with Gasteiger partial charge in [0.05, 0.1) is 19.9 Å². The number of ether oxygens (including phenoxy) is 2. The lowest BCUT2D eigenvalue weighted by Crippen LogP contribution is -2.21.